The van der Waals surface area contributed by atoms with E-state index < -0.39 is 34.9 Å². The number of carboxylic acid groups (broad SMARTS) is 1. The van der Waals surface area contributed by atoms with Gasteiger partial charge in [-0.3, -0.25) is 24.8 Å². The molecule has 4 amide bonds. The van der Waals surface area contributed by atoms with Gasteiger partial charge in [0.2, 0.25) is 12.1 Å². The van der Waals surface area contributed by atoms with Crippen LogP contribution in [0.2, 0.25) is 10.0 Å². The van der Waals surface area contributed by atoms with E-state index in [1.807, 2.05) is 23.1 Å². The van der Waals surface area contributed by atoms with Crippen LogP contribution in [0.1, 0.15) is 58.8 Å². The molecule has 2 bridgehead atoms. The number of carboxylic acids is 1. The second kappa shape index (κ2) is 16.3. The number of amides is 4. The van der Waals surface area contributed by atoms with Crippen LogP contribution in [0, 0.1) is 0 Å². The Hall–Kier alpha value is -5.00. The van der Waals surface area contributed by atoms with Gasteiger partial charge in [0.05, 0.1) is 34.3 Å². The molecule has 3 atom stereocenters. The van der Waals surface area contributed by atoms with Gasteiger partial charge in [0.1, 0.15) is 11.8 Å². The minimum Gasteiger partial charge on any atom is -0.496 e. The average molecular weight is 832 g/mol. The fourth-order valence-electron chi connectivity index (χ4n) is 9.17. The number of fused-ring (bicyclic) bond motifs is 3. The Labute approximate surface area is 345 Å². The van der Waals surface area contributed by atoms with Crippen LogP contribution in [0.3, 0.4) is 0 Å². The molecule has 16 nitrogen and oxygen atoms in total. The van der Waals surface area contributed by atoms with E-state index in [-0.39, 0.29) is 11.9 Å². The summed E-state index contributed by atoms with van der Waals surface area (Å²) in [7, 11) is 1.54. The summed E-state index contributed by atoms with van der Waals surface area (Å²) in [6, 6.07) is 13.6. The van der Waals surface area contributed by atoms with E-state index in [0.717, 1.165) is 16.7 Å². The number of hydrogen-bond acceptors (Lipinski definition) is 12. The van der Waals surface area contributed by atoms with Crippen molar-refractivity contribution in [2.45, 2.75) is 48.7 Å². The average Bonchev–Trinajstić information content (AvgIpc) is 3.96. The van der Waals surface area contributed by atoms with E-state index in [4.69, 9.17) is 27.9 Å². The number of urea groups is 1. The first-order valence-corrected chi connectivity index (χ1v) is 20.1. The normalized spacial score (nSPS) is 26.2. The summed E-state index contributed by atoms with van der Waals surface area (Å²) < 4.78 is 5.62. The van der Waals surface area contributed by atoms with Crippen LogP contribution >= 0.6 is 23.2 Å². The van der Waals surface area contributed by atoms with Crippen LogP contribution in [-0.2, 0) is 20.4 Å². The largest absolute Gasteiger partial charge is 0.496 e. The number of pyridine rings is 1. The number of benzene rings is 2. The maximum absolute atomic E-state index is 14.3. The molecule has 58 heavy (non-hydrogen) atoms. The van der Waals surface area contributed by atoms with E-state index >= 15 is 0 Å². The number of hydrazine groups is 1. The molecule has 2 aromatic carbocycles. The smallest absolute Gasteiger partial charge is 0.343 e. The van der Waals surface area contributed by atoms with Gasteiger partial charge in [-0.1, -0.05) is 35.3 Å². The van der Waals surface area contributed by atoms with Crippen LogP contribution in [0.5, 0.6) is 5.75 Å². The Balaban J connectivity index is 0.994. The number of rotatable bonds is 10. The summed E-state index contributed by atoms with van der Waals surface area (Å²) >= 11 is 13.0. The van der Waals surface area contributed by atoms with E-state index in [0.29, 0.717) is 106 Å². The minimum absolute atomic E-state index is 0.158. The van der Waals surface area contributed by atoms with Crippen LogP contribution in [0.4, 0.5) is 4.79 Å². The molecule has 1 aromatic heterocycles. The predicted octanol–water partition coefficient (Wildman–Crippen LogP) is 4.59. The Bertz CT molecular complexity index is 2130. The monoisotopic (exact) mass is 830 g/mol. The molecule has 3 unspecified atom stereocenters. The summed E-state index contributed by atoms with van der Waals surface area (Å²) in [5.41, 5.74) is 1.45. The lowest BCUT2D eigenvalue weighted by molar-refractivity contribution is -0.190. The maximum Gasteiger partial charge on any atom is 0.343 e. The lowest BCUT2D eigenvalue weighted by atomic mass is 9.71. The zero-order chi connectivity index (χ0) is 40.6. The molecule has 2 N–H and O–H groups in total. The zero-order valence-corrected chi connectivity index (χ0v) is 33.5. The van der Waals surface area contributed by atoms with Crippen molar-refractivity contribution in [2.75, 3.05) is 66.0 Å². The Morgan fingerprint density at radius 2 is 1.66 bits per heavy atom. The number of piperidine rings is 1. The number of carbonyl (C=O) groups is 4. The molecule has 0 aliphatic carbocycles. The summed E-state index contributed by atoms with van der Waals surface area (Å²) in [6.07, 6.45) is 5.93. The number of halogens is 2. The van der Waals surface area contributed by atoms with Crippen molar-refractivity contribution in [3.05, 3.63) is 93.2 Å². The highest BCUT2D eigenvalue weighted by molar-refractivity contribution is 6.42. The highest BCUT2D eigenvalue weighted by Gasteiger charge is 2.49. The molecular formula is C40H44Cl2N10O6. The van der Waals surface area contributed by atoms with Crippen LogP contribution in [0.15, 0.2) is 76.4 Å². The van der Waals surface area contributed by atoms with Crippen molar-refractivity contribution in [2.24, 2.45) is 15.4 Å². The lowest BCUT2D eigenvalue weighted by Crippen LogP contribution is -2.74. The number of ether oxygens (including phenoxy) is 1. The third kappa shape index (κ3) is 7.43. The van der Waals surface area contributed by atoms with Crippen molar-refractivity contribution in [3.63, 3.8) is 0 Å². The topological polar surface area (TPSA) is 176 Å². The maximum atomic E-state index is 14.3. The third-order valence-electron chi connectivity index (χ3n) is 12.5. The number of nitrogens with zero attached hydrogens (tertiary/aromatic N) is 9. The number of piperazine rings is 1. The van der Waals surface area contributed by atoms with Crippen molar-refractivity contribution in [3.8, 4) is 5.75 Å². The van der Waals surface area contributed by atoms with Crippen molar-refractivity contribution in [1.82, 2.24) is 35.0 Å². The molecule has 5 fully saturated rings. The van der Waals surface area contributed by atoms with Gasteiger partial charge in [-0.05, 0) is 104 Å². The molecule has 0 radical (unpaired) electrons. The molecule has 5 saturated heterocycles. The third-order valence-corrected chi connectivity index (χ3v) is 13.2. The molecule has 0 spiro atoms. The van der Waals surface area contributed by atoms with Gasteiger partial charge in [0, 0.05) is 57.1 Å². The number of methoxy groups -OCH3 is 1. The van der Waals surface area contributed by atoms with E-state index in [9.17, 15) is 24.3 Å². The highest BCUT2D eigenvalue weighted by atomic mass is 35.5. The summed E-state index contributed by atoms with van der Waals surface area (Å²) in [6.45, 7) is 4.76. The SMILES string of the molecule is COc1ccc(C2C=NN=N2)cc1C(=O)N1CCC(CCN2CCC(C(=O)NC(=O)N3C(C(=O)O)N4CCN3CC4)(c3ccncc3)CC2)(c2ccc(Cl)c(Cl)c2)C1. The van der Waals surface area contributed by atoms with E-state index in [1.165, 1.54) is 5.01 Å². The molecular weight excluding hydrogens is 787 g/mol. The summed E-state index contributed by atoms with van der Waals surface area (Å²) in [5.74, 6) is -1.31. The first kappa shape index (κ1) is 39.8. The number of aromatic nitrogens is 1. The predicted molar refractivity (Wildman–Crippen MR) is 214 cm³/mol. The van der Waals surface area contributed by atoms with Crippen LogP contribution in [0.25, 0.3) is 0 Å². The van der Waals surface area contributed by atoms with Gasteiger partial charge in [0.15, 0.2) is 0 Å². The highest BCUT2D eigenvalue weighted by Crippen LogP contribution is 2.43. The fourth-order valence-corrected chi connectivity index (χ4v) is 9.47. The molecule has 0 saturated carbocycles. The number of aliphatic carboxylic acids is 1. The molecule has 18 heteroatoms. The first-order chi connectivity index (χ1) is 28.0. The number of imide groups is 1. The van der Waals surface area contributed by atoms with Gasteiger partial charge in [-0.25, -0.2) is 19.6 Å². The van der Waals surface area contributed by atoms with Crippen molar-refractivity contribution in [1.29, 1.82) is 0 Å². The minimum atomic E-state index is -1.18. The number of likely N-dealkylation sites (tertiary alicyclic amines) is 2. The number of hydrogen-bond donors (Lipinski definition) is 2. The van der Waals surface area contributed by atoms with Gasteiger partial charge >= 0.3 is 12.0 Å². The van der Waals surface area contributed by atoms with Crippen LogP contribution < -0.4 is 10.1 Å². The van der Waals surface area contributed by atoms with Gasteiger partial charge < -0.3 is 19.6 Å². The number of carbonyl (C=O) groups excluding carboxylic acids is 3. The van der Waals surface area contributed by atoms with Gasteiger partial charge in [-0.2, -0.15) is 5.11 Å². The summed E-state index contributed by atoms with van der Waals surface area (Å²) in [5, 5.41) is 28.1. The lowest BCUT2D eigenvalue weighted by Gasteiger charge is -2.52. The standard InChI is InChI=1S/C40H44Cl2N10O6/c1-58-33-5-2-26(32-24-44-47-46-32)22-29(33)35(53)50-17-9-39(25-50,28-3-4-30(41)31(42)23-28)8-14-48-15-10-40(11-16-48,27-6-12-43-13-7-27)37(56)45-38(57)52-34(36(54)55)49-18-20-51(52)21-19-49/h2-7,12-13,22-24,32,34H,8-11,14-21,25H2,1H3,(H,54,55)(H,45,56,57). The van der Waals surface area contributed by atoms with Crippen molar-refractivity contribution < 1.29 is 29.0 Å². The number of nitrogens with one attached hydrogen (secondary N) is 1. The molecule has 7 heterocycles. The molecule has 6 aliphatic rings. The Morgan fingerprint density at radius 3 is 2.33 bits per heavy atom. The quantitative estimate of drug-likeness (QED) is 0.294. The Morgan fingerprint density at radius 1 is 0.897 bits per heavy atom. The van der Waals surface area contributed by atoms with Crippen molar-refractivity contribution >= 4 is 53.2 Å². The zero-order valence-electron chi connectivity index (χ0n) is 32.0. The first-order valence-electron chi connectivity index (χ1n) is 19.4. The van der Waals surface area contributed by atoms with Crippen LogP contribution in [-0.4, -0.2) is 137 Å². The summed E-state index contributed by atoms with van der Waals surface area (Å²) in [4.78, 5) is 64.6. The van der Waals surface area contributed by atoms with E-state index in [1.54, 1.807) is 66.0 Å². The second-order valence-corrected chi connectivity index (χ2v) is 16.3. The van der Waals surface area contributed by atoms with Gasteiger partial charge in [-0.15, -0.1) is 5.10 Å². The second-order valence-electron chi connectivity index (χ2n) is 15.5. The Kier molecular flexibility index (Phi) is 11.2. The molecule has 3 aromatic rings. The molecule has 6 aliphatic heterocycles. The van der Waals surface area contributed by atoms with E-state index in [2.05, 4.69) is 30.6 Å². The molecule has 9 rings (SSSR count). The molecule has 304 valence electrons. The van der Waals surface area contributed by atoms with Gasteiger partial charge in [0.25, 0.3) is 5.91 Å². The fraction of sp³-hybridized carbons (Fsp3) is 0.450.